The van der Waals surface area contributed by atoms with Gasteiger partial charge in [0.15, 0.2) is 5.78 Å². The minimum atomic E-state index is -0.260. The summed E-state index contributed by atoms with van der Waals surface area (Å²) in [5.41, 5.74) is 1.80. The fourth-order valence-electron chi connectivity index (χ4n) is 2.93. The van der Waals surface area contributed by atoms with Gasteiger partial charge in [-0.25, -0.2) is 0 Å². The molecule has 0 bridgehead atoms. The van der Waals surface area contributed by atoms with Crippen LogP contribution in [0.1, 0.15) is 67.4 Å². The summed E-state index contributed by atoms with van der Waals surface area (Å²) < 4.78 is 0. The molecule has 2 nitrogen and oxygen atoms in total. The Kier molecular flexibility index (Phi) is 8.26. The molecular formula is C22H29NO. The van der Waals surface area contributed by atoms with Gasteiger partial charge in [-0.3, -0.25) is 4.79 Å². The van der Waals surface area contributed by atoms with Crippen LogP contribution in [0.15, 0.2) is 60.7 Å². The monoisotopic (exact) mass is 323 g/mol. The molecule has 1 atom stereocenters. The van der Waals surface area contributed by atoms with Crippen molar-refractivity contribution in [2.75, 3.05) is 6.54 Å². The van der Waals surface area contributed by atoms with E-state index in [0.717, 1.165) is 24.1 Å². The van der Waals surface area contributed by atoms with Crippen molar-refractivity contribution in [1.29, 1.82) is 0 Å². The maximum Gasteiger partial charge on any atom is 0.184 e. The first-order valence-corrected chi connectivity index (χ1v) is 9.20. The number of benzene rings is 2. The molecule has 0 fully saturated rings. The highest BCUT2D eigenvalue weighted by Crippen LogP contribution is 2.18. The average Bonchev–Trinajstić information content (AvgIpc) is 2.65. The van der Waals surface area contributed by atoms with Crippen molar-refractivity contribution in [2.24, 2.45) is 0 Å². The van der Waals surface area contributed by atoms with Crippen molar-refractivity contribution < 1.29 is 4.79 Å². The number of unbranched alkanes of at least 4 members (excludes halogenated alkanes) is 5. The second-order valence-electron chi connectivity index (χ2n) is 6.30. The van der Waals surface area contributed by atoms with E-state index in [4.69, 9.17) is 0 Å². The second-order valence-corrected chi connectivity index (χ2v) is 6.30. The van der Waals surface area contributed by atoms with Gasteiger partial charge in [0.05, 0.1) is 6.04 Å². The Morgan fingerprint density at radius 3 is 2.08 bits per heavy atom. The quantitative estimate of drug-likeness (QED) is 0.433. The van der Waals surface area contributed by atoms with Gasteiger partial charge in [-0.15, -0.1) is 0 Å². The van der Waals surface area contributed by atoms with E-state index in [2.05, 4.69) is 12.2 Å². The zero-order chi connectivity index (χ0) is 17.0. The third-order valence-corrected chi connectivity index (χ3v) is 4.33. The molecule has 24 heavy (non-hydrogen) atoms. The van der Waals surface area contributed by atoms with Crippen molar-refractivity contribution in [1.82, 2.24) is 5.32 Å². The lowest BCUT2D eigenvalue weighted by Gasteiger charge is -2.18. The number of hydrogen-bond acceptors (Lipinski definition) is 2. The van der Waals surface area contributed by atoms with E-state index in [9.17, 15) is 4.79 Å². The summed E-state index contributed by atoms with van der Waals surface area (Å²) in [4.78, 5) is 12.9. The van der Waals surface area contributed by atoms with E-state index in [-0.39, 0.29) is 11.8 Å². The summed E-state index contributed by atoms with van der Waals surface area (Å²) in [7, 11) is 0. The van der Waals surface area contributed by atoms with Crippen LogP contribution in [-0.2, 0) is 0 Å². The Morgan fingerprint density at radius 1 is 0.833 bits per heavy atom. The van der Waals surface area contributed by atoms with Crippen LogP contribution in [0.5, 0.6) is 0 Å². The van der Waals surface area contributed by atoms with E-state index < -0.39 is 0 Å². The second kappa shape index (κ2) is 10.8. The zero-order valence-corrected chi connectivity index (χ0v) is 14.7. The number of Topliss-reactive ketones (excluding diaryl/α,β-unsaturated/α-hetero) is 1. The van der Waals surface area contributed by atoms with E-state index in [1.54, 1.807) is 0 Å². The summed E-state index contributed by atoms with van der Waals surface area (Å²) in [6.07, 6.45) is 7.56. The molecule has 0 radical (unpaired) electrons. The SMILES string of the molecule is CCCCCCCCN[C@@H](C(=O)c1ccccc1)c1ccccc1. The number of carbonyl (C=O) groups is 1. The van der Waals surface area contributed by atoms with Crippen LogP contribution in [0, 0.1) is 0 Å². The van der Waals surface area contributed by atoms with Gasteiger partial charge in [-0.05, 0) is 18.5 Å². The highest BCUT2D eigenvalue weighted by Gasteiger charge is 2.20. The molecule has 2 aromatic rings. The topological polar surface area (TPSA) is 29.1 Å². The maximum atomic E-state index is 12.9. The van der Waals surface area contributed by atoms with Crippen molar-refractivity contribution in [3.8, 4) is 0 Å². The van der Waals surface area contributed by atoms with Gasteiger partial charge in [0, 0.05) is 5.56 Å². The van der Waals surface area contributed by atoms with Crippen molar-refractivity contribution in [3.63, 3.8) is 0 Å². The van der Waals surface area contributed by atoms with Gasteiger partial charge in [0.25, 0.3) is 0 Å². The number of nitrogens with one attached hydrogen (secondary N) is 1. The molecule has 0 spiro atoms. The molecule has 2 aromatic carbocycles. The van der Waals surface area contributed by atoms with Gasteiger partial charge >= 0.3 is 0 Å². The van der Waals surface area contributed by atoms with Crippen LogP contribution >= 0.6 is 0 Å². The third-order valence-electron chi connectivity index (χ3n) is 4.33. The first-order valence-electron chi connectivity index (χ1n) is 9.20. The molecule has 0 aliphatic carbocycles. The Balaban J connectivity index is 1.93. The first kappa shape index (κ1) is 18.4. The zero-order valence-electron chi connectivity index (χ0n) is 14.7. The molecule has 2 rings (SSSR count). The molecule has 2 heteroatoms. The molecule has 0 saturated carbocycles. The summed E-state index contributed by atoms with van der Waals surface area (Å²) >= 11 is 0. The number of rotatable bonds is 11. The smallest absolute Gasteiger partial charge is 0.184 e. The van der Waals surface area contributed by atoms with Gasteiger partial charge < -0.3 is 5.32 Å². The standard InChI is InChI=1S/C22H29NO/c1-2-3-4-5-6-13-18-23-21(19-14-9-7-10-15-19)22(24)20-16-11-8-12-17-20/h7-12,14-17,21,23H,2-6,13,18H2,1H3/t21-/m1/s1. The molecular weight excluding hydrogens is 294 g/mol. The molecule has 1 N–H and O–H groups in total. The lowest BCUT2D eigenvalue weighted by atomic mass is 9.97. The molecule has 0 saturated heterocycles. The van der Waals surface area contributed by atoms with Crippen LogP contribution in [0.2, 0.25) is 0 Å². The van der Waals surface area contributed by atoms with Gasteiger partial charge in [0.2, 0.25) is 0 Å². The molecule has 0 aliphatic rings. The molecule has 0 unspecified atom stereocenters. The summed E-state index contributed by atoms with van der Waals surface area (Å²) in [6, 6.07) is 19.3. The van der Waals surface area contributed by atoms with Crippen molar-refractivity contribution in [3.05, 3.63) is 71.8 Å². The maximum absolute atomic E-state index is 12.9. The van der Waals surface area contributed by atoms with E-state index >= 15 is 0 Å². The van der Waals surface area contributed by atoms with Crippen LogP contribution in [0.3, 0.4) is 0 Å². The van der Waals surface area contributed by atoms with Crippen molar-refractivity contribution >= 4 is 5.78 Å². The average molecular weight is 323 g/mol. The normalized spacial score (nSPS) is 12.0. The van der Waals surface area contributed by atoms with Crippen LogP contribution in [0.25, 0.3) is 0 Å². The predicted octanol–water partition coefficient (Wildman–Crippen LogP) is 5.56. The molecule has 128 valence electrons. The van der Waals surface area contributed by atoms with Crippen LogP contribution < -0.4 is 5.32 Å². The van der Waals surface area contributed by atoms with Gasteiger partial charge in [-0.2, -0.15) is 0 Å². The largest absolute Gasteiger partial charge is 0.303 e. The van der Waals surface area contributed by atoms with Gasteiger partial charge in [0.1, 0.15) is 0 Å². The molecule has 0 aliphatic heterocycles. The highest BCUT2D eigenvalue weighted by atomic mass is 16.1. The highest BCUT2D eigenvalue weighted by molar-refractivity contribution is 6.00. The minimum absolute atomic E-state index is 0.146. The molecule has 0 heterocycles. The Morgan fingerprint density at radius 2 is 1.42 bits per heavy atom. The molecule has 0 aromatic heterocycles. The van der Waals surface area contributed by atoms with Crippen LogP contribution in [0.4, 0.5) is 0 Å². The summed E-state index contributed by atoms with van der Waals surface area (Å²) in [6.45, 7) is 3.12. The van der Waals surface area contributed by atoms with E-state index in [1.807, 2.05) is 60.7 Å². The predicted molar refractivity (Wildman–Crippen MR) is 101 cm³/mol. The fourth-order valence-corrected chi connectivity index (χ4v) is 2.93. The Labute approximate surface area is 146 Å². The van der Waals surface area contributed by atoms with Gasteiger partial charge in [-0.1, -0.05) is 99.7 Å². The van der Waals surface area contributed by atoms with Crippen molar-refractivity contribution in [2.45, 2.75) is 51.5 Å². The molecule has 0 amide bonds. The van der Waals surface area contributed by atoms with E-state index in [1.165, 1.54) is 32.1 Å². The third kappa shape index (κ3) is 5.93. The summed E-state index contributed by atoms with van der Waals surface area (Å²) in [5, 5.41) is 3.48. The summed E-state index contributed by atoms with van der Waals surface area (Å²) in [5.74, 6) is 0.146. The first-order chi connectivity index (χ1) is 11.8. The fraction of sp³-hybridized carbons (Fsp3) is 0.409. The lowest BCUT2D eigenvalue weighted by molar-refractivity contribution is 0.0942. The Bertz CT molecular complexity index is 579. The Hall–Kier alpha value is -1.93. The number of hydrogen-bond donors (Lipinski definition) is 1. The number of carbonyl (C=O) groups excluding carboxylic acids is 1. The van der Waals surface area contributed by atoms with Crippen LogP contribution in [-0.4, -0.2) is 12.3 Å². The lowest BCUT2D eigenvalue weighted by Crippen LogP contribution is -2.29. The van der Waals surface area contributed by atoms with E-state index in [0.29, 0.717) is 0 Å². The minimum Gasteiger partial charge on any atom is -0.303 e. The number of ketones is 1.